The average Bonchev–Trinajstić information content (AvgIpc) is 3.54. The molecule has 164 valence electrons. The molecule has 10 nitrogen and oxygen atoms in total. The van der Waals surface area contributed by atoms with Crippen molar-refractivity contribution in [1.82, 2.24) is 14.5 Å². The Labute approximate surface area is 181 Å². The molecule has 1 fully saturated rings. The minimum atomic E-state index is -0.658. The molecule has 1 amide bonds. The highest BCUT2D eigenvalue weighted by atomic mass is 16.6. The lowest BCUT2D eigenvalue weighted by Crippen LogP contribution is -2.34. The van der Waals surface area contributed by atoms with E-state index in [9.17, 15) is 24.5 Å². The van der Waals surface area contributed by atoms with Crippen LogP contribution in [0.15, 0.2) is 33.9 Å². The van der Waals surface area contributed by atoms with Crippen molar-refractivity contribution in [2.24, 2.45) is 0 Å². The van der Waals surface area contributed by atoms with Crippen molar-refractivity contribution in [2.45, 2.75) is 45.1 Å². The number of nitro groups is 1. The Hall–Kier alpha value is -3.82. The average molecular weight is 435 g/mol. The van der Waals surface area contributed by atoms with Crippen LogP contribution in [0, 0.1) is 10.1 Å². The standard InChI is InChI=1S/C22H21N5O5/c1-2-8-26-19-18(20(28)24-22(26)30)15(11-16(23-19)12-3-4-12)21(29)25-9-7-13-5-6-14(27(31)32)10-17(13)25/h5-6,10-12H,2-4,7-9H2,1H3,(H,24,28,30). The van der Waals surface area contributed by atoms with Gasteiger partial charge < -0.3 is 4.90 Å². The van der Waals surface area contributed by atoms with Crippen molar-refractivity contribution in [1.29, 1.82) is 0 Å². The van der Waals surface area contributed by atoms with E-state index in [2.05, 4.69) is 9.97 Å². The summed E-state index contributed by atoms with van der Waals surface area (Å²) in [6.07, 6.45) is 3.09. The van der Waals surface area contributed by atoms with Gasteiger partial charge in [0.2, 0.25) is 0 Å². The number of anilines is 1. The van der Waals surface area contributed by atoms with Gasteiger partial charge in [0.05, 0.1) is 21.6 Å². The van der Waals surface area contributed by atoms with E-state index in [1.807, 2.05) is 6.92 Å². The molecular weight excluding hydrogens is 414 g/mol. The van der Waals surface area contributed by atoms with Gasteiger partial charge >= 0.3 is 5.69 Å². The van der Waals surface area contributed by atoms with Crippen molar-refractivity contribution in [3.63, 3.8) is 0 Å². The predicted octanol–water partition coefficient (Wildman–Crippen LogP) is 2.48. The molecule has 1 N–H and O–H groups in total. The van der Waals surface area contributed by atoms with Crippen LogP contribution in [0.3, 0.4) is 0 Å². The zero-order valence-electron chi connectivity index (χ0n) is 17.5. The third-order valence-electron chi connectivity index (χ3n) is 6.06. The maximum atomic E-state index is 13.7. The van der Waals surface area contributed by atoms with Crippen molar-refractivity contribution in [3.05, 3.63) is 72.0 Å². The number of aryl methyl sites for hydroxylation is 1. The highest BCUT2D eigenvalue weighted by Crippen LogP contribution is 2.40. The van der Waals surface area contributed by atoms with Crippen LogP contribution in [0.2, 0.25) is 0 Å². The number of non-ortho nitro benzene ring substituents is 1. The normalized spacial score (nSPS) is 15.2. The number of carbonyl (C=O) groups is 1. The summed E-state index contributed by atoms with van der Waals surface area (Å²) in [4.78, 5) is 58.1. The van der Waals surface area contributed by atoms with Crippen molar-refractivity contribution < 1.29 is 9.72 Å². The van der Waals surface area contributed by atoms with E-state index in [0.29, 0.717) is 37.3 Å². The lowest BCUT2D eigenvalue weighted by atomic mass is 10.1. The molecule has 1 aromatic carbocycles. The van der Waals surface area contributed by atoms with E-state index in [1.54, 1.807) is 12.1 Å². The molecule has 0 unspecified atom stereocenters. The molecule has 0 bridgehead atoms. The summed E-state index contributed by atoms with van der Waals surface area (Å²) in [5.41, 5.74) is 1.07. The van der Waals surface area contributed by atoms with Crippen LogP contribution in [0.1, 0.15) is 53.7 Å². The molecule has 3 aromatic rings. The third kappa shape index (κ3) is 3.19. The SMILES string of the molecule is CCCn1c(=O)[nH]c(=O)c2c(C(=O)N3CCc4ccc([N+](=O)[O-])cc43)cc(C3CC3)nc21. The molecule has 1 aliphatic heterocycles. The Morgan fingerprint density at radius 2 is 2.06 bits per heavy atom. The lowest BCUT2D eigenvalue weighted by molar-refractivity contribution is -0.384. The Balaban J connectivity index is 1.72. The van der Waals surface area contributed by atoms with Crippen LogP contribution >= 0.6 is 0 Å². The summed E-state index contributed by atoms with van der Waals surface area (Å²) in [5.74, 6) is -0.229. The summed E-state index contributed by atoms with van der Waals surface area (Å²) in [7, 11) is 0. The topological polar surface area (TPSA) is 131 Å². The minimum absolute atomic E-state index is 0.0753. The van der Waals surface area contributed by atoms with E-state index in [4.69, 9.17) is 0 Å². The molecule has 3 heterocycles. The van der Waals surface area contributed by atoms with Gasteiger partial charge in [0.15, 0.2) is 5.65 Å². The smallest absolute Gasteiger partial charge is 0.307 e. The molecule has 1 aliphatic carbocycles. The highest BCUT2D eigenvalue weighted by Gasteiger charge is 2.32. The molecule has 0 saturated heterocycles. The number of nitro benzene ring substituents is 1. The van der Waals surface area contributed by atoms with E-state index < -0.39 is 22.1 Å². The summed E-state index contributed by atoms with van der Waals surface area (Å²) in [6.45, 7) is 2.62. The Kier molecular flexibility index (Phi) is 4.65. The Bertz CT molecular complexity index is 1400. The van der Waals surface area contributed by atoms with Gasteiger partial charge in [-0.05, 0) is 37.3 Å². The van der Waals surface area contributed by atoms with Crippen molar-refractivity contribution >= 4 is 28.3 Å². The number of nitrogens with zero attached hydrogens (tertiary/aromatic N) is 4. The quantitative estimate of drug-likeness (QED) is 0.484. The van der Waals surface area contributed by atoms with Gasteiger partial charge in [-0.1, -0.05) is 13.0 Å². The molecular formula is C22H21N5O5. The van der Waals surface area contributed by atoms with E-state index in [-0.39, 0.29) is 28.2 Å². The summed E-state index contributed by atoms with van der Waals surface area (Å²) < 4.78 is 1.40. The largest absolute Gasteiger partial charge is 0.329 e. The van der Waals surface area contributed by atoms with Crippen LogP contribution < -0.4 is 16.1 Å². The number of hydrogen-bond donors (Lipinski definition) is 1. The van der Waals surface area contributed by atoms with Gasteiger partial charge in [-0.2, -0.15) is 0 Å². The van der Waals surface area contributed by atoms with Crippen LogP contribution in [-0.4, -0.2) is 31.9 Å². The molecule has 2 aliphatic rings. The molecule has 0 spiro atoms. The van der Waals surface area contributed by atoms with Crippen LogP contribution in [0.5, 0.6) is 0 Å². The fourth-order valence-electron chi connectivity index (χ4n) is 4.32. The van der Waals surface area contributed by atoms with Gasteiger partial charge in [0.25, 0.3) is 17.2 Å². The Morgan fingerprint density at radius 1 is 1.28 bits per heavy atom. The first kappa shape index (κ1) is 20.1. The minimum Gasteiger partial charge on any atom is -0.307 e. The first-order valence-corrected chi connectivity index (χ1v) is 10.7. The van der Waals surface area contributed by atoms with Crippen molar-refractivity contribution in [3.8, 4) is 0 Å². The van der Waals surface area contributed by atoms with Crippen LogP contribution in [0.4, 0.5) is 11.4 Å². The fraction of sp³-hybridized carbons (Fsp3) is 0.364. The van der Waals surface area contributed by atoms with Gasteiger partial charge in [-0.15, -0.1) is 0 Å². The number of nitrogens with one attached hydrogen (secondary N) is 1. The van der Waals surface area contributed by atoms with Gasteiger partial charge in [0.1, 0.15) is 0 Å². The summed E-state index contributed by atoms with van der Waals surface area (Å²) >= 11 is 0. The van der Waals surface area contributed by atoms with Crippen LogP contribution in [-0.2, 0) is 13.0 Å². The second kappa shape index (κ2) is 7.40. The molecule has 0 radical (unpaired) electrons. The van der Waals surface area contributed by atoms with Gasteiger partial charge in [0, 0.05) is 36.8 Å². The maximum Gasteiger partial charge on any atom is 0.329 e. The van der Waals surface area contributed by atoms with Crippen molar-refractivity contribution in [2.75, 3.05) is 11.4 Å². The second-order valence-corrected chi connectivity index (χ2v) is 8.26. The molecule has 0 atom stereocenters. The molecule has 32 heavy (non-hydrogen) atoms. The molecule has 1 saturated carbocycles. The number of hydrogen-bond acceptors (Lipinski definition) is 6. The summed E-state index contributed by atoms with van der Waals surface area (Å²) in [5, 5.41) is 11.3. The second-order valence-electron chi connectivity index (χ2n) is 8.26. The number of H-pyrrole nitrogens is 1. The van der Waals surface area contributed by atoms with Crippen LogP contribution in [0.25, 0.3) is 11.0 Å². The zero-order chi connectivity index (χ0) is 22.6. The third-order valence-corrected chi connectivity index (χ3v) is 6.06. The predicted molar refractivity (Wildman–Crippen MR) is 117 cm³/mol. The number of pyridine rings is 1. The zero-order valence-corrected chi connectivity index (χ0v) is 17.5. The number of aromatic nitrogens is 3. The van der Waals surface area contributed by atoms with E-state index >= 15 is 0 Å². The maximum absolute atomic E-state index is 13.7. The lowest BCUT2D eigenvalue weighted by Gasteiger charge is -2.19. The number of aromatic amines is 1. The van der Waals surface area contributed by atoms with E-state index in [1.165, 1.54) is 21.6 Å². The monoisotopic (exact) mass is 435 g/mol. The molecule has 5 rings (SSSR count). The fourth-order valence-corrected chi connectivity index (χ4v) is 4.32. The van der Waals surface area contributed by atoms with E-state index in [0.717, 1.165) is 18.4 Å². The first-order valence-electron chi connectivity index (χ1n) is 10.7. The number of benzene rings is 1. The number of amides is 1. The van der Waals surface area contributed by atoms with Gasteiger partial charge in [-0.3, -0.25) is 29.3 Å². The first-order chi connectivity index (χ1) is 15.4. The molecule has 2 aromatic heterocycles. The van der Waals surface area contributed by atoms with Gasteiger partial charge in [-0.25, -0.2) is 9.78 Å². The Morgan fingerprint density at radius 3 is 2.75 bits per heavy atom. The highest BCUT2D eigenvalue weighted by molar-refractivity contribution is 6.14. The number of rotatable bonds is 5. The summed E-state index contributed by atoms with van der Waals surface area (Å²) in [6, 6.07) is 6.12. The number of fused-ring (bicyclic) bond motifs is 2. The molecule has 10 heteroatoms. The number of carbonyl (C=O) groups excluding carboxylic acids is 1.